The number of likely N-dealkylation sites (N-methyl/N-ethyl adjacent to an activating group) is 1. The van der Waals surface area contributed by atoms with Gasteiger partial charge < -0.3 is 14.6 Å². The summed E-state index contributed by atoms with van der Waals surface area (Å²) < 4.78 is 2.19. The Hall–Kier alpha value is -1.59. The Morgan fingerprint density at radius 3 is 2.71 bits per heavy atom. The third kappa shape index (κ3) is 3.42. The summed E-state index contributed by atoms with van der Waals surface area (Å²) in [6.07, 6.45) is 3.69. The lowest BCUT2D eigenvalue weighted by atomic mass is 10.0. The van der Waals surface area contributed by atoms with Gasteiger partial charge in [0.25, 0.3) is 5.91 Å². The minimum absolute atomic E-state index is 0.000791. The highest BCUT2D eigenvalue weighted by atomic mass is 32.1. The minimum Gasteiger partial charge on any atom is -0.388 e. The van der Waals surface area contributed by atoms with E-state index in [-0.39, 0.29) is 5.91 Å². The molecule has 0 aliphatic heterocycles. The third-order valence-corrected chi connectivity index (χ3v) is 5.97. The van der Waals surface area contributed by atoms with E-state index in [0.29, 0.717) is 6.54 Å². The predicted molar refractivity (Wildman–Crippen MR) is 97.7 cm³/mol. The number of thiophene rings is 1. The van der Waals surface area contributed by atoms with Gasteiger partial charge >= 0.3 is 0 Å². The van der Waals surface area contributed by atoms with Gasteiger partial charge in [-0.15, -0.1) is 11.3 Å². The van der Waals surface area contributed by atoms with Crippen LogP contribution in [0.4, 0.5) is 0 Å². The van der Waals surface area contributed by atoms with Gasteiger partial charge in [-0.3, -0.25) is 4.79 Å². The number of nitrogens with zero attached hydrogens (tertiary/aromatic N) is 2. The number of aryl methyl sites for hydroxylation is 1. The zero-order valence-corrected chi connectivity index (χ0v) is 15.5. The molecule has 1 aliphatic rings. The average molecular weight is 346 g/mol. The highest BCUT2D eigenvalue weighted by Crippen LogP contribution is 2.30. The molecule has 0 atom stereocenters. The Bertz CT molecular complexity index is 712. The molecule has 0 aromatic carbocycles. The highest BCUT2D eigenvalue weighted by molar-refractivity contribution is 7.09. The van der Waals surface area contributed by atoms with Gasteiger partial charge in [-0.1, -0.05) is 18.9 Å². The van der Waals surface area contributed by atoms with Crippen molar-refractivity contribution in [3.8, 4) is 0 Å². The maximum atomic E-state index is 12.9. The molecule has 2 heterocycles. The van der Waals surface area contributed by atoms with Crippen molar-refractivity contribution < 1.29 is 9.90 Å². The highest BCUT2D eigenvalue weighted by Gasteiger charge is 2.34. The topological polar surface area (TPSA) is 45.5 Å². The normalized spacial score (nSPS) is 16.5. The van der Waals surface area contributed by atoms with Crippen molar-refractivity contribution in [2.75, 3.05) is 13.6 Å². The molecule has 3 rings (SSSR count). The van der Waals surface area contributed by atoms with Crippen molar-refractivity contribution in [1.82, 2.24) is 9.47 Å². The Morgan fingerprint density at radius 2 is 2.08 bits per heavy atom. The van der Waals surface area contributed by atoms with Crippen molar-refractivity contribution in [2.24, 2.45) is 0 Å². The largest absolute Gasteiger partial charge is 0.388 e. The molecule has 0 radical (unpaired) electrons. The summed E-state index contributed by atoms with van der Waals surface area (Å²) in [7, 11) is 1.80. The number of carbonyl (C=O) groups is 1. The second-order valence-corrected chi connectivity index (χ2v) is 8.08. The summed E-state index contributed by atoms with van der Waals surface area (Å²) in [5.74, 6) is 0.000791. The van der Waals surface area contributed by atoms with Crippen LogP contribution in [0.3, 0.4) is 0 Å². The van der Waals surface area contributed by atoms with Crippen LogP contribution >= 0.6 is 11.3 Å². The number of aliphatic hydroxyl groups is 1. The third-order valence-electron chi connectivity index (χ3n) is 5.11. The summed E-state index contributed by atoms with van der Waals surface area (Å²) >= 11 is 1.73. The molecule has 4 nitrogen and oxygen atoms in total. The van der Waals surface area contributed by atoms with Crippen molar-refractivity contribution in [2.45, 2.75) is 51.7 Å². The Labute approximate surface area is 147 Å². The van der Waals surface area contributed by atoms with Crippen LogP contribution in [0.2, 0.25) is 0 Å². The Kier molecular flexibility index (Phi) is 4.83. The molecule has 1 aliphatic carbocycles. The molecule has 1 N–H and O–H groups in total. The fraction of sp³-hybridized carbons (Fsp3) is 0.526. The van der Waals surface area contributed by atoms with Crippen molar-refractivity contribution in [3.63, 3.8) is 0 Å². The summed E-state index contributed by atoms with van der Waals surface area (Å²) in [5, 5.41) is 12.6. The smallest absolute Gasteiger partial charge is 0.255 e. The van der Waals surface area contributed by atoms with Crippen LogP contribution in [-0.4, -0.2) is 39.7 Å². The van der Waals surface area contributed by atoms with Gasteiger partial charge in [0.1, 0.15) is 0 Å². The molecule has 0 bridgehead atoms. The lowest BCUT2D eigenvalue weighted by Crippen LogP contribution is -2.42. The Balaban J connectivity index is 1.77. The van der Waals surface area contributed by atoms with Crippen molar-refractivity contribution in [3.05, 3.63) is 45.4 Å². The first kappa shape index (κ1) is 17.2. The summed E-state index contributed by atoms with van der Waals surface area (Å²) in [6.45, 7) is 5.27. The molecule has 0 spiro atoms. The first-order chi connectivity index (χ1) is 11.4. The predicted octanol–water partition coefficient (Wildman–Crippen LogP) is 3.59. The van der Waals surface area contributed by atoms with E-state index >= 15 is 0 Å². The SMILES string of the molecule is Cc1cc(C(=O)N(C)CC2(O)CCCC2)c(C)n1Cc1cccs1. The number of carbonyl (C=O) groups excluding carboxylic acids is 1. The number of hydrogen-bond donors (Lipinski definition) is 1. The van der Waals surface area contributed by atoms with Crippen molar-refractivity contribution >= 4 is 17.2 Å². The van der Waals surface area contributed by atoms with Crippen LogP contribution in [0.15, 0.2) is 23.6 Å². The van der Waals surface area contributed by atoms with Crippen LogP contribution in [0.1, 0.15) is 52.3 Å². The summed E-state index contributed by atoms with van der Waals surface area (Å²) in [5.41, 5.74) is 2.13. The van der Waals surface area contributed by atoms with Gasteiger partial charge in [0.15, 0.2) is 0 Å². The average Bonchev–Trinajstić information content (AvgIpc) is 3.25. The van der Waals surface area contributed by atoms with E-state index in [9.17, 15) is 9.90 Å². The number of aromatic nitrogens is 1. The number of rotatable bonds is 5. The van der Waals surface area contributed by atoms with E-state index in [2.05, 4.69) is 22.1 Å². The maximum absolute atomic E-state index is 12.9. The molecular formula is C19H26N2O2S. The van der Waals surface area contributed by atoms with E-state index in [1.54, 1.807) is 23.3 Å². The van der Waals surface area contributed by atoms with E-state index in [4.69, 9.17) is 0 Å². The maximum Gasteiger partial charge on any atom is 0.255 e. The Morgan fingerprint density at radius 1 is 1.38 bits per heavy atom. The van der Waals surface area contributed by atoms with Crippen LogP contribution in [0.5, 0.6) is 0 Å². The quantitative estimate of drug-likeness (QED) is 0.899. The monoisotopic (exact) mass is 346 g/mol. The van der Waals surface area contributed by atoms with Crippen LogP contribution < -0.4 is 0 Å². The van der Waals surface area contributed by atoms with Crippen LogP contribution in [-0.2, 0) is 6.54 Å². The number of hydrogen-bond acceptors (Lipinski definition) is 3. The van der Waals surface area contributed by atoms with E-state index in [1.165, 1.54) is 4.88 Å². The second kappa shape index (κ2) is 6.73. The van der Waals surface area contributed by atoms with Crippen molar-refractivity contribution in [1.29, 1.82) is 0 Å². The lowest BCUT2D eigenvalue weighted by Gasteiger charge is -2.28. The number of amides is 1. The zero-order chi connectivity index (χ0) is 17.3. The molecule has 24 heavy (non-hydrogen) atoms. The molecule has 130 valence electrons. The van der Waals surface area contributed by atoms with Gasteiger partial charge in [0, 0.05) is 29.9 Å². The molecule has 0 saturated heterocycles. The molecule has 2 aromatic rings. The fourth-order valence-electron chi connectivity index (χ4n) is 3.73. The molecule has 1 amide bonds. The first-order valence-electron chi connectivity index (χ1n) is 8.56. The van der Waals surface area contributed by atoms with E-state index in [0.717, 1.165) is 49.2 Å². The molecule has 2 aromatic heterocycles. The lowest BCUT2D eigenvalue weighted by molar-refractivity contribution is 0.0156. The van der Waals surface area contributed by atoms with E-state index < -0.39 is 5.60 Å². The van der Waals surface area contributed by atoms with Gasteiger partial charge in [0.05, 0.1) is 17.7 Å². The minimum atomic E-state index is -0.701. The van der Waals surface area contributed by atoms with Gasteiger partial charge in [-0.2, -0.15) is 0 Å². The molecule has 1 fully saturated rings. The van der Waals surface area contributed by atoms with E-state index in [1.807, 2.05) is 19.9 Å². The summed E-state index contributed by atoms with van der Waals surface area (Å²) in [4.78, 5) is 15.8. The molecular weight excluding hydrogens is 320 g/mol. The molecule has 1 saturated carbocycles. The standard InChI is InChI=1S/C19H26N2O2S/c1-14-11-17(15(2)21(14)12-16-7-6-10-24-16)18(22)20(3)13-19(23)8-4-5-9-19/h6-7,10-11,23H,4-5,8-9,12-13H2,1-3H3. The zero-order valence-electron chi connectivity index (χ0n) is 14.7. The van der Waals surface area contributed by atoms with Gasteiger partial charge in [-0.25, -0.2) is 0 Å². The second-order valence-electron chi connectivity index (χ2n) is 7.04. The van der Waals surface area contributed by atoms with Gasteiger partial charge in [-0.05, 0) is 44.2 Å². The van der Waals surface area contributed by atoms with Crippen LogP contribution in [0, 0.1) is 13.8 Å². The first-order valence-corrected chi connectivity index (χ1v) is 9.44. The van der Waals surface area contributed by atoms with Gasteiger partial charge in [0.2, 0.25) is 0 Å². The fourth-order valence-corrected chi connectivity index (χ4v) is 4.42. The summed E-state index contributed by atoms with van der Waals surface area (Å²) in [6, 6.07) is 6.14. The van der Waals surface area contributed by atoms with Crippen LogP contribution in [0.25, 0.3) is 0 Å². The molecule has 5 heteroatoms. The molecule has 0 unspecified atom stereocenters.